The van der Waals surface area contributed by atoms with Crippen molar-refractivity contribution in [1.29, 1.82) is 0 Å². The predicted octanol–water partition coefficient (Wildman–Crippen LogP) is 0.769. The number of nitrogens with zero attached hydrogens (tertiary/aromatic N) is 1. The van der Waals surface area contributed by atoms with E-state index >= 15 is 0 Å². The first-order valence-electron chi connectivity index (χ1n) is 5.62. The molecule has 2 heterocycles. The van der Waals surface area contributed by atoms with Crippen LogP contribution in [0.5, 0.6) is 0 Å². The fourth-order valence-electron chi connectivity index (χ4n) is 1.95. The molecule has 1 aromatic heterocycles. The third-order valence-corrected chi connectivity index (χ3v) is 4.68. The van der Waals surface area contributed by atoms with Gasteiger partial charge in [0.2, 0.25) is 0 Å². The minimum absolute atomic E-state index is 0.0178. The van der Waals surface area contributed by atoms with Crippen LogP contribution in [0.1, 0.15) is 23.2 Å². The van der Waals surface area contributed by atoms with E-state index in [1.54, 1.807) is 0 Å². The summed E-state index contributed by atoms with van der Waals surface area (Å²) in [5.74, 6) is -0.732. The van der Waals surface area contributed by atoms with E-state index in [0.29, 0.717) is 18.5 Å². The number of nitrogens with one attached hydrogen (secondary N) is 1. The van der Waals surface area contributed by atoms with Gasteiger partial charge in [-0.25, -0.2) is 13.2 Å². The van der Waals surface area contributed by atoms with Gasteiger partial charge in [-0.2, -0.15) is 0 Å². The van der Waals surface area contributed by atoms with Crippen LogP contribution in [0.2, 0.25) is 0 Å². The summed E-state index contributed by atoms with van der Waals surface area (Å²) in [6, 6.07) is 1.40. The van der Waals surface area contributed by atoms with Crippen molar-refractivity contribution in [3.8, 4) is 0 Å². The normalized spacial score (nSPS) is 19.3. The SMILES string of the molecule is O=C(O)c1ccncc1NC1CCS(=O)(=O)CC1. The molecule has 0 radical (unpaired) electrons. The molecule has 0 amide bonds. The van der Waals surface area contributed by atoms with E-state index in [9.17, 15) is 13.2 Å². The number of aromatic carboxylic acids is 1. The van der Waals surface area contributed by atoms with Gasteiger partial charge in [-0.05, 0) is 18.9 Å². The monoisotopic (exact) mass is 270 g/mol. The highest BCUT2D eigenvalue weighted by molar-refractivity contribution is 7.91. The molecule has 1 aliphatic rings. The smallest absolute Gasteiger partial charge is 0.337 e. The van der Waals surface area contributed by atoms with Crippen LogP contribution in [0.3, 0.4) is 0 Å². The molecule has 0 spiro atoms. The van der Waals surface area contributed by atoms with Gasteiger partial charge >= 0.3 is 5.97 Å². The van der Waals surface area contributed by atoms with Gasteiger partial charge in [0.1, 0.15) is 9.84 Å². The molecule has 6 nitrogen and oxygen atoms in total. The molecule has 2 N–H and O–H groups in total. The van der Waals surface area contributed by atoms with E-state index in [4.69, 9.17) is 5.11 Å². The number of carboxylic acids is 1. The van der Waals surface area contributed by atoms with Gasteiger partial charge in [0.15, 0.2) is 0 Å². The lowest BCUT2D eigenvalue weighted by Crippen LogP contribution is -2.32. The first kappa shape index (κ1) is 12.8. The van der Waals surface area contributed by atoms with Crippen LogP contribution in [0.15, 0.2) is 18.5 Å². The summed E-state index contributed by atoms with van der Waals surface area (Å²) in [5.41, 5.74) is 0.590. The highest BCUT2D eigenvalue weighted by Gasteiger charge is 2.24. The Bertz CT molecular complexity index is 542. The van der Waals surface area contributed by atoms with Gasteiger partial charge in [-0.1, -0.05) is 0 Å². The highest BCUT2D eigenvalue weighted by Crippen LogP contribution is 2.20. The number of anilines is 1. The maximum atomic E-state index is 11.3. The van der Waals surface area contributed by atoms with Crippen LogP contribution in [0.25, 0.3) is 0 Å². The van der Waals surface area contributed by atoms with E-state index in [0.717, 1.165) is 0 Å². The lowest BCUT2D eigenvalue weighted by Gasteiger charge is -2.24. The molecule has 1 aliphatic heterocycles. The Morgan fingerprint density at radius 3 is 2.67 bits per heavy atom. The molecule has 1 aromatic rings. The summed E-state index contributed by atoms with van der Waals surface area (Å²) in [6.07, 6.45) is 3.86. The van der Waals surface area contributed by atoms with Crippen molar-refractivity contribution in [1.82, 2.24) is 4.98 Å². The first-order chi connectivity index (χ1) is 8.48. The summed E-state index contributed by atoms with van der Waals surface area (Å²) in [4.78, 5) is 14.9. The van der Waals surface area contributed by atoms with E-state index < -0.39 is 15.8 Å². The number of hydrogen-bond acceptors (Lipinski definition) is 5. The zero-order chi connectivity index (χ0) is 13.2. The fourth-order valence-corrected chi connectivity index (χ4v) is 3.44. The Kier molecular flexibility index (Phi) is 3.51. The molecule has 0 bridgehead atoms. The summed E-state index contributed by atoms with van der Waals surface area (Å²) in [6.45, 7) is 0. The van der Waals surface area contributed by atoms with Crippen LogP contribution in [-0.2, 0) is 9.84 Å². The molecule has 1 fully saturated rings. The second-order valence-electron chi connectivity index (χ2n) is 4.30. The highest BCUT2D eigenvalue weighted by atomic mass is 32.2. The molecular formula is C11H14N2O4S. The second kappa shape index (κ2) is 4.93. The van der Waals surface area contributed by atoms with Crippen LogP contribution in [0.4, 0.5) is 5.69 Å². The molecule has 7 heteroatoms. The molecule has 0 aromatic carbocycles. The van der Waals surface area contributed by atoms with Gasteiger partial charge < -0.3 is 10.4 Å². The zero-order valence-corrected chi connectivity index (χ0v) is 10.5. The molecule has 0 saturated carbocycles. The topological polar surface area (TPSA) is 96.4 Å². The first-order valence-corrected chi connectivity index (χ1v) is 7.44. The average molecular weight is 270 g/mol. The Balaban J connectivity index is 2.09. The van der Waals surface area contributed by atoms with Crippen LogP contribution >= 0.6 is 0 Å². The molecule has 0 aliphatic carbocycles. The largest absolute Gasteiger partial charge is 0.478 e. The summed E-state index contributed by atoms with van der Waals surface area (Å²) in [7, 11) is -2.91. The zero-order valence-electron chi connectivity index (χ0n) is 9.67. The number of sulfone groups is 1. The summed E-state index contributed by atoms with van der Waals surface area (Å²) in [5, 5.41) is 12.1. The molecule has 1 saturated heterocycles. The second-order valence-corrected chi connectivity index (χ2v) is 6.60. The molecule has 2 rings (SSSR count). The summed E-state index contributed by atoms with van der Waals surface area (Å²) >= 11 is 0. The van der Waals surface area contributed by atoms with Crippen molar-refractivity contribution in [3.63, 3.8) is 0 Å². The van der Waals surface area contributed by atoms with Crippen molar-refractivity contribution >= 4 is 21.5 Å². The standard InChI is InChI=1S/C11H14N2O4S/c14-11(15)9-1-4-12-7-10(9)13-8-2-5-18(16,17)6-3-8/h1,4,7-8,13H,2-3,5-6H2,(H,14,15). The maximum absolute atomic E-state index is 11.3. The van der Waals surface area contributed by atoms with E-state index in [2.05, 4.69) is 10.3 Å². The molecule has 0 atom stereocenters. The van der Waals surface area contributed by atoms with Gasteiger partial charge in [0, 0.05) is 12.2 Å². The minimum atomic E-state index is -2.91. The third kappa shape index (κ3) is 2.98. The third-order valence-electron chi connectivity index (χ3n) is 2.97. The van der Waals surface area contributed by atoms with Crippen molar-refractivity contribution in [2.45, 2.75) is 18.9 Å². The fraction of sp³-hybridized carbons (Fsp3) is 0.455. The lowest BCUT2D eigenvalue weighted by atomic mass is 10.1. The van der Waals surface area contributed by atoms with E-state index in [1.807, 2.05) is 0 Å². The molecular weight excluding hydrogens is 256 g/mol. The van der Waals surface area contributed by atoms with Gasteiger partial charge in [-0.15, -0.1) is 0 Å². The maximum Gasteiger partial charge on any atom is 0.337 e. The average Bonchev–Trinajstić information content (AvgIpc) is 2.32. The molecule has 0 unspecified atom stereocenters. The number of hydrogen-bond donors (Lipinski definition) is 2. The number of aromatic nitrogens is 1. The van der Waals surface area contributed by atoms with E-state index in [1.165, 1.54) is 18.5 Å². The Morgan fingerprint density at radius 1 is 1.39 bits per heavy atom. The van der Waals surface area contributed by atoms with Crippen LogP contribution in [0, 0.1) is 0 Å². The number of pyridine rings is 1. The Hall–Kier alpha value is -1.63. The van der Waals surface area contributed by atoms with E-state index in [-0.39, 0.29) is 23.1 Å². The number of rotatable bonds is 3. The lowest BCUT2D eigenvalue weighted by molar-refractivity contribution is 0.0697. The predicted molar refractivity (Wildman–Crippen MR) is 66.5 cm³/mol. The van der Waals surface area contributed by atoms with Crippen molar-refractivity contribution in [2.75, 3.05) is 16.8 Å². The Morgan fingerprint density at radius 2 is 2.06 bits per heavy atom. The van der Waals surface area contributed by atoms with Crippen molar-refractivity contribution in [3.05, 3.63) is 24.0 Å². The van der Waals surface area contributed by atoms with Gasteiger partial charge in [0.05, 0.1) is 29.0 Å². The minimum Gasteiger partial charge on any atom is -0.478 e. The number of carbonyl (C=O) groups is 1. The molecule has 18 heavy (non-hydrogen) atoms. The van der Waals surface area contributed by atoms with Gasteiger partial charge in [0.25, 0.3) is 0 Å². The molecule has 98 valence electrons. The van der Waals surface area contributed by atoms with Crippen molar-refractivity contribution in [2.24, 2.45) is 0 Å². The van der Waals surface area contributed by atoms with Crippen LogP contribution in [-0.4, -0.2) is 42.0 Å². The quantitative estimate of drug-likeness (QED) is 0.842. The Labute approximate surface area is 105 Å². The van der Waals surface area contributed by atoms with Gasteiger partial charge in [-0.3, -0.25) is 4.98 Å². The van der Waals surface area contributed by atoms with Crippen molar-refractivity contribution < 1.29 is 18.3 Å². The number of carboxylic acid groups (broad SMARTS) is 1. The van der Waals surface area contributed by atoms with Crippen LogP contribution < -0.4 is 5.32 Å². The summed E-state index contributed by atoms with van der Waals surface area (Å²) < 4.78 is 22.6.